The van der Waals surface area contributed by atoms with Crippen molar-refractivity contribution in [2.45, 2.75) is 13.1 Å². The standard InChI is InChI=1S/C4H13BNOSi/c1-6(2)5-8(3,4)7/h7H,1-4H3. The molecule has 0 aliphatic heterocycles. The first-order chi connectivity index (χ1) is 3.42. The molecule has 1 radical (unpaired) electrons. The third kappa shape index (κ3) is 6.20. The van der Waals surface area contributed by atoms with Gasteiger partial charge in [-0.3, -0.25) is 0 Å². The lowest BCUT2D eigenvalue weighted by Crippen LogP contribution is -2.43. The number of hydrogen-bond donors (Lipinski definition) is 1. The summed E-state index contributed by atoms with van der Waals surface area (Å²) in [7, 11) is 3.81. The van der Waals surface area contributed by atoms with E-state index in [9.17, 15) is 4.80 Å². The van der Waals surface area contributed by atoms with E-state index in [1.54, 1.807) is 0 Å². The second-order valence-electron chi connectivity index (χ2n) is 2.75. The van der Waals surface area contributed by atoms with Crippen molar-refractivity contribution < 1.29 is 4.80 Å². The monoisotopic (exact) mass is 130 g/mol. The third-order valence-corrected chi connectivity index (χ3v) is 1.72. The molecule has 2 nitrogen and oxygen atoms in total. The van der Waals surface area contributed by atoms with Crippen molar-refractivity contribution >= 4 is 15.2 Å². The van der Waals surface area contributed by atoms with Gasteiger partial charge < -0.3 is 9.61 Å². The molecule has 4 heteroatoms. The predicted octanol–water partition coefficient (Wildman–Crippen LogP) is -0.139. The van der Waals surface area contributed by atoms with Crippen LogP contribution >= 0.6 is 0 Å². The Bertz CT molecular complexity index is 70.9. The van der Waals surface area contributed by atoms with Crippen molar-refractivity contribution in [2.75, 3.05) is 14.1 Å². The van der Waals surface area contributed by atoms with Gasteiger partial charge in [-0.05, 0) is 14.1 Å². The van der Waals surface area contributed by atoms with Crippen molar-refractivity contribution in [1.82, 2.24) is 4.81 Å². The van der Waals surface area contributed by atoms with E-state index < -0.39 is 8.19 Å². The van der Waals surface area contributed by atoms with Crippen LogP contribution in [0.2, 0.25) is 13.1 Å². The average molecular weight is 130 g/mol. The fraction of sp³-hybridized carbons (Fsp3) is 1.00. The van der Waals surface area contributed by atoms with Crippen LogP contribution in [-0.4, -0.2) is 38.9 Å². The molecule has 0 aromatic carbocycles. The predicted molar refractivity (Wildman–Crippen MR) is 39.1 cm³/mol. The molecule has 0 unspecified atom stereocenters. The highest BCUT2D eigenvalue weighted by molar-refractivity contribution is 7.18. The van der Waals surface area contributed by atoms with Crippen LogP contribution < -0.4 is 0 Å². The van der Waals surface area contributed by atoms with Gasteiger partial charge in [-0.2, -0.15) is 0 Å². The van der Waals surface area contributed by atoms with Crippen molar-refractivity contribution in [3.05, 3.63) is 0 Å². The lowest BCUT2D eigenvalue weighted by Gasteiger charge is -2.16. The normalized spacial score (nSPS) is 12.2. The SMILES string of the molecule is CN(C)[B][Si](C)(C)O. The van der Waals surface area contributed by atoms with Crippen LogP contribution in [0.3, 0.4) is 0 Å². The fourth-order valence-electron chi connectivity index (χ4n) is 0.632. The summed E-state index contributed by atoms with van der Waals surface area (Å²) >= 11 is 0. The van der Waals surface area contributed by atoms with Gasteiger partial charge in [0.1, 0.15) is 0 Å². The lowest BCUT2D eigenvalue weighted by atomic mass is 10.3. The Morgan fingerprint density at radius 2 is 1.75 bits per heavy atom. The molecule has 0 heterocycles. The quantitative estimate of drug-likeness (QED) is 0.526. The molecule has 0 amide bonds. The van der Waals surface area contributed by atoms with Crippen LogP contribution in [0.4, 0.5) is 0 Å². The molecule has 0 aliphatic carbocycles. The number of rotatable bonds is 2. The van der Waals surface area contributed by atoms with Gasteiger partial charge in [0, 0.05) is 0 Å². The Kier molecular flexibility index (Phi) is 2.73. The molecule has 8 heavy (non-hydrogen) atoms. The summed E-state index contributed by atoms with van der Waals surface area (Å²) in [5, 5.41) is 0. The summed E-state index contributed by atoms with van der Waals surface area (Å²) in [6.07, 6.45) is 0. The Balaban J connectivity index is 3.39. The maximum Gasteiger partial charge on any atom is 0.231 e. The maximum absolute atomic E-state index is 9.23. The first-order valence-electron chi connectivity index (χ1n) is 2.66. The van der Waals surface area contributed by atoms with Crippen molar-refractivity contribution in [2.24, 2.45) is 0 Å². The minimum atomic E-state index is -1.92. The van der Waals surface area contributed by atoms with Crippen LogP contribution in [-0.2, 0) is 0 Å². The Morgan fingerprint density at radius 1 is 1.38 bits per heavy atom. The lowest BCUT2D eigenvalue weighted by molar-refractivity contribution is 0.564. The number of nitrogens with zero attached hydrogens (tertiary/aromatic N) is 1. The summed E-state index contributed by atoms with van der Waals surface area (Å²) in [5.41, 5.74) is 0. The molecule has 0 atom stereocenters. The zero-order valence-electron chi connectivity index (χ0n) is 5.97. The highest BCUT2D eigenvalue weighted by Gasteiger charge is 2.19. The van der Waals surface area contributed by atoms with Gasteiger partial charge in [-0.1, -0.05) is 13.1 Å². The van der Waals surface area contributed by atoms with Gasteiger partial charge in [0.15, 0.2) is 8.19 Å². The van der Waals surface area contributed by atoms with E-state index in [1.165, 1.54) is 0 Å². The van der Waals surface area contributed by atoms with Gasteiger partial charge >= 0.3 is 0 Å². The van der Waals surface area contributed by atoms with E-state index in [4.69, 9.17) is 0 Å². The van der Waals surface area contributed by atoms with Crippen molar-refractivity contribution in [3.63, 3.8) is 0 Å². The van der Waals surface area contributed by atoms with Crippen LogP contribution in [0.1, 0.15) is 0 Å². The van der Waals surface area contributed by atoms with Gasteiger partial charge in [-0.15, -0.1) is 0 Å². The van der Waals surface area contributed by atoms with E-state index in [-0.39, 0.29) is 0 Å². The molecule has 0 aromatic heterocycles. The van der Waals surface area contributed by atoms with Crippen LogP contribution in [0.15, 0.2) is 0 Å². The molecule has 0 aliphatic rings. The molecule has 0 fully saturated rings. The molecular weight excluding hydrogens is 117 g/mol. The van der Waals surface area contributed by atoms with Crippen molar-refractivity contribution in [1.29, 1.82) is 0 Å². The second kappa shape index (κ2) is 2.66. The van der Waals surface area contributed by atoms with E-state index in [0.717, 1.165) is 0 Å². The first kappa shape index (κ1) is 8.20. The van der Waals surface area contributed by atoms with E-state index in [0.29, 0.717) is 0 Å². The summed E-state index contributed by atoms with van der Waals surface area (Å²) in [6.45, 7) is 3.76. The summed E-state index contributed by atoms with van der Waals surface area (Å²) in [5.74, 6) is 0. The Morgan fingerprint density at radius 3 is 1.75 bits per heavy atom. The molecule has 47 valence electrons. The van der Waals surface area contributed by atoms with Gasteiger partial charge in [0.2, 0.25) is 7.01 Å². The topological polar surface area (TPSA) is 23.5 Å². The van der Waals surface area contributed by atoms with Crippen LogP contribution in [0.25, 0.3) is 0 Å². The Hall–Kier alpha value is 0.202. The van der Waals surface area contributed by atoms with Gasteiger partial charge in [0.25, 0.3) is 0 Å². The zero-order chi connectivity index (χ0) is 6.78. The summed E-state index contributed by atoms with van der Waals surface area (Å²) < 4.78 is 0. The van der Waals surface area contributed by atoms with Gasteiger partial charge in [-0.25, -0.2) is 0 Å². The summed E-state index contributed by atoms with van der Waals surface area (Å²) in [6, 6.07) is 0. The largest absolute Gasteiger partial charge is 0.438 e. The molecule has 1 N–H and O–H groups in total. The highest BCUT2D eigenvalue weighted by Crippen LogP contribution is 1.92. The second-order valence-corrected chi connectivity index (χ2v) is 6.31. The molecule has 0 saturated carbocycles. The van der Waals surface area contributed by atoms with Crippen molar-refractivity contribution in [3.8, 4) is 0 Å². The molecule has 0 saturated heterocycles. The maximum atomic E-state index is 9.23. The first-order valence-corrected chi connectivity index (χ1v) is 5.69. The molecular formula is C4H13BNOSi. The minimum absolute atomic E-state index is 1.88. The molecule has 0 spiro atoms. The van der Waals surface area contributed by atoms with E-state index in [2.05, 4.69) is 0 Å². The van der Waals surface area contributed by atoms with E-state index in [1.807, 2.05) is 39.0 Å². The molecule has 0 bridgehead atoms. The highest BCUT2D eigenvalue weighted by atomic mass is 28.3. The smallest absolute Gasteiger partial charge is 0.231 e. The van der Waals surface area contributed by atoms with Crippen LogP contribution in [0.5, 0.6) is 0 Å². The van der Waals surface area contributed by atoms with Crippen LogP contribution in [0, 0.1) is 0 Å². The van der Waals surface area contributed by atoms with Gasteiger partial charge in [0.05, 0.1) is 0 Å². The average Bonchev–Trinajstić information content (AvgIpc) is 1.21. The minimum Gasteiger partial charge on any atom is -0.438 e. The Labute approximate surface area is 52.8 Å². The van der Waals surface area contributed by atoms with E-state index >= 15 is 0 Å². The number of hydrogen-bond acceptors (Lipinski definition) is 2. The molecule has 0 rings (SSSR count). The zero-order valence-corrected chi connectivity index (χ0v) is 6.97. The fourth-order valence-corrected chi connectivity index (χ4v) is 1.90. The molecule has 0 aromatic rings. The third-order valence-electron chi connectivity index (χ3n) is 0.574. The summed E-state index contributed by atoms with van der Waals surface area (Å²) in [4.78, 5) is 11.1.